The van der Waals surface area contributed by atoms with Gasteiger partial charge in [-0.25, -0.2) is 8.78 Å². The van der Waals surface area contributed by atoms with Gasteiger partial charge in [-0.3, -0.25) is 0 Å². The van der Waals surface area contributed by atoms with Crippen LogP contribution >= 0.6 is 0 Å². The van der Waals surface area contributed by atoms with Crippen molar-refractivity contribution in [1.29, 1.82) is 0 Å². The normalized spacial score (nSPS) is 26.7. The summed E-state index contributed by atoms with van der Waals surface area (Å²) in [7, 11) is 0. The largest absolute Gasteiger partial charge is 0.432 e. The van der Waals surface area contributed by atoms with Crippen molar-refractivity contribution in [3.8, 4) is 5.75 Å². The molecular weight excluding hydrogens is 392 g/mol. The number of halogens is 4. The molecule has 164 valence electrons. The van der Waals surface area contributed by atoms with E-state index >= 15 is 0 Å². The van der Waals surface area contributed by atoms with Crippen LogP contribution in [-0.4, -0.2) is 6.61 Å². The van der Waals surface area contributed by atoms with Crippen LogP contribution in [0.5, 0.6) is 5.75 Å². The third kappa shape index (κ3) is 4.45. The second kappa shape index (κ2) is 9.15. The maximum atomic E-state index is 14.8. The highest BCUT2D eigenvalue weighted by atomic mass is 19.3. The summed E-state index contributed by atoms with van der Waals surface area (Å²) in [6.07, 6.45) is 11.1. The molecule has 4 atom stereocenters. The third-order valence-electron chi connectivity index (χ3n) is 7.37. The highest BCUT2D eigenvalue weighted by Gasteiger charge is 2.36. The highest BCUT2D eigenvalue weighted by Crippen LogP contribution is 2.49. The fourth-order valence-electron chi connectivity index (χ4n) is 5.84. The van der Waals surface area contributed by atoms with Gasteiger partial charge in [0.2, 0.25) is 0 Å². The second-order valence-corrected chi connectivity index (χ2v) is 9.21. The smallest absolute Gasteiger partial charge is 0.387 e. The van der Waals surface area contributed by atoms with Crippen LogP contribution in [0.25, 0.3) is 10.8 Å². The molecule has 2 aromatic rings. The molecule has 4 unspecified atom stereocenters. The van der Waals surface area contributed by atoms with Gasteiger partial charge in [0.1, 0.15) is 5.82 Å². The second-order valence-electron chi connectivity index (χ2n) is 9.21. The SMILES string of the molecule is CCCCC1CCC2CC(c3cc(F)c4c(F)c(OC(F)F)ccc4c3)CCC2C1. The van der Waals surface area contributed by atoms with E-state index in [9.17, 15) is 17.6 Å². The molecule has 0 heterocycles. The van der Waals surface area contributed by atoms with Crippen LogP contribution in [0.1, 0.15) is 76.2 Å². The predicted octanol–water partition coefficient (Wildman–Crippen LogP) is 8.21. The molecule has 5 heteroatoms. The van der Waals surface area contributed by atoms with Crippen LogP contribution in [0.15, 0.2) is 24.3 Å². The molecule has 0 aliphatic heterocycles. The molecule has 4 rings (SSSR count). The van der Waals surface area contributed by atoms with Crippen molar-refractivity contribution in [2.45, 2.75) is 77.2 Å². The maximum Gasteiger partial charge on any atom is 0.387 e. The Labute approximate surface area is 175 Å². The quantitative estimate of drug-likeness (QED) is 0.426. The van der Waals surface area contributed by atoms with Gasteiger partial charge in [0.15, 0.2) is 11.6 Å². The van der Waals surface area contributed by atoms with Crippen molar-refractivity contribution in [3.05, 3.63) is 41.5 Å². The molecule has 0 amide bonds. The third-order valence-corrected chi connectivity index (χ3v) is 7.37. The van der Waals surface area contributed by atoms with Crippen LogP contribution in [0.4, 0.5) is 17.6 Å². The average Bonchev–Trinajstić information content (AvgIpc) is 2.73. The van der Waals surface area contributed by atoms with E-state index in [0.29, 0.717) is 11.3 Å². The fraction of sp³-hybridized carbons (Fsp3) is 0.600. The van der Waals surface area contributed by atoms with Crippen molar-refractivity contribution in [1.82, 2.24) is 0 Å². The number of benzene rings is 2. The van der Waals surface area contributed by atoms with E-state index in [0.717, 1.165) is 36.3 Å². The van der Waals surface area contributed by atoms with Crippen molar-refractivity contribution in [2.75, 3.05) is 0 Å². The minimum Gasteiger partial charge on any atom is -0.432 e. The summed E-state index contributed by atoms with van der Waals surface area (Å²) in [5, 5.41) is 0.122. The summed E-state index contributed by atoms with van der Waals surface area (Å²) in [6.45, 7) is -0.899. The molecule has 2 fully saturated rings. The lowest BCUT2D eigenvalue weighted by Gasteiger charge is -2.42. The molecule has 30 heavy (non-hydrogen) atoms. The minimum absolute atomic E-state index is 0.275. The summed E-state index contributed by atoms with van der Waals surface area (Å²) in [4.78, 5) is 0. The van der Waals surface area contributed by atoms with Crippen LogP contribution in [-0.2, 0) is 0 Å². The summed E-state index contributed by atoms with van der Waals surface area (Å²) in [5.41, 5.74) is 0.897. The molecule has 2 saturated carbocycles. The zero-order valence-corrected chi connectivity index (χ0v) is 17.5. The van der Waals surface area contributed by atoms with Gasteiger partial charge in [0.25, 0.3) is 0 Å². The van der Waals surface area contributed by atoms with Gasteiger partial charge in [0, 0.05) is 0 Å². The monoisotopic (exact) mass is 422 g/mol. The first-order valence-corrected chi connectivity index (χ1v) is 11.3. The van der Waals surface area contributed by atoms with E-state index in [1.165, 1.54) is 57.1 Å². The molecule has 1 nitrogen and oxygen atoms in total. The minimum atomic E-state index is -3.15. The number of ether oxygens (including phenoxy) is 1. The highest BCUT2D eigenvalue weighted by molar-refractivity contribution is 5.86. The zero-order valence-electron chi connectivity index (χ0n) is 17.5. The number of alkyl halides is 2. The van der Waals surface area contributed by atoms with Crippen molar-refractivity contribution < 1.29 is 22.3 Å². The number of rotatable bonds is 6. The summed E-state index contributed by atoms with van der Waals surface area (Å²) < 4.78 is 58.4. The van der Waals surface area contributed by atoms with Gasteiger partial charge in [-0.05, 0) is 78.9 Å². The van der Waals surface area contributed by atoms with Gasteiger partial charge in [-0.1, -0.05) is 44.7 Å². The first-order valence-electron chi connectivity index (χ1n) is 11.3. The Hall–Kier alpha value is -1.78. The van der Waals surface area contributed by atoms with Crippen molar-refractivity contribution in [2.24, 2.45) is 17.8 Å². The van der Waals surface area contributed by atoms with Crippen LogP contribution in [0.2, 0.25) is 0 Å². The molecule has 2 aliphatic rings. The van der Waals surface area contributed by atoms with Crippen LogP contribution < -0.4 is 4.74 Å². The van der Waals surface area contributed by atoms with E-state index in [4.69, 9.17) is 0 Å². The molecule has 2 aromatic carbocycles. The number of fused-ring (bicyclic) bond motifs is 2. The van der Waals surface area contributed by atoms with E-state index in [1.54, 1.807) is 0 Å². The average molecular weight is 423 g/mol. The first kappa shape index (κ1) is 21.5. The topological polar surface area (TPSA) is 9.23 Å². The molecule has 0 aromatic heterocycles. The predicted molar refractivity (Wildman–Crippen MR) is 111 cm³/mol. The van der Waals surface area contributed by atoms with Gasteiger partial charge in [-0.15, -0.1) is 0 Å². The van der Waals surface area contributed by atoms with E-state index in [-0.39, 0.29) is 11.3 Å². The lowest BCUT2D eigenvalue weighted by Crippen LogP contribution is -2.30. The molecule has 0 N–H and O–H groups in total. The standard InChI is InChI=1S/C25H30F4O/c1-2-3-4-15-5-6-17-12-18(8-7-16(17)11-15)20-13-19-9-10-22(30-25(28)29)24(27)23(19)21(26)14-20/h9-10,13-18,25H,2-8,11-12H2,1H3. The Morgan fingerprint density at radius 2 is 1.77 bits per heavy atom. The van der Waals surface area contributed by atoms with E-state index < -0.39 is 24.0 Å². The number of unbranched alkanes of at least 4 members (excludes halogenated alkanes) is 1. The lowest BCUT2D eigenvalue weighted by molar-refractivity contribution is -0.0520. The lowest BCUT2D eigenvalue weighted by atomic mass is 9.63. The zero-order chi connectivity index (χ0) is 21.3. The fourth-order valence-corrected chi connectivity index (χ4v) is 5.84. The van der Waals surface area contributed by atoms with Gasteiger partial charge < -0.3 is 4.74 Å². The Balaban J connectivity index is 1.51. The van der Waals surface area contributed by atoms with Crippen molar-refractivity contribution >= 4 is 10.8 Å². The maximum absolute atomic E-state index is 14.8. The molecule has 2 aliphatic carbocycles. The summed E-state index contributed by atoms with van der Waals surface area (Å²) in [6, 6.07) is 5.84. The van der Waals surface area contributed by atoms with Crippen LogP contribution in [0.3, 0.4) is 0 Å². The summed E-state index contributed by atoms with van der Waals surface area (Å²) >= 11 is 0. The molecule has 0 radical (unpaired) electrons. The van der Waals surface area contributed by atoms with Gasteiger partial charge >= 0.3 is 6.61 Å². The number of hydrogen-bond donors (Lipinski definition) is 0. The Bertz CT molecular complexity index is 881. The van der Waals surface area contributed by atoms with Gasteiger partial charge in [-0.2, -0.15) is 8.78 Å². The molecular formula is C25H30F4O. The Morgan fingerprint density at radius 3 is 2.53 bits per heavy atom. The Kier molecular flexibility index (Phi) is 6.54. The summed E-state index contributed by atoms with van der Waals surface area (Å²) in [5.74, 6) is 0.235. The van der Waals surface area contributed by atoms with E-state index in [1.807, 2.05) is 6.07 Å². The molecule has 0 saturated heterocycles. The molecule has 0 spiro atoms. The van der Waals surface area contributed by atoms with Gasteiger partial charge in [0.05, 0.1) is 5.39 Å². The number of hydrogen-bond acceptors (Lipinski definition) is 1. The molecule has 0 bridgehead atoms. The van der Waals surface area contributed by atoms with E-state index in [2.05, 4.69) is 11.7 Å². The Morgan fingerprint density at radius 1 is 1.00 bits per heavy atom. The first-order chi connectivity index (χ1) is 14.5. The van der Waals surface area contributed by atoms with Crippen molar-refractivity contribution in [3.63, 3.8) is 0 Å². The van der Waals surface area contributed by atoms with Crippen LogP contribution in [0, 0.1) is 29.4 Å².